The molecule has 0 radical (unpaired) electrons. The molecule has 8 nitrogen and oxygen atoms in total. The van der Waals surface area contributed by atoms with E-state index in [9.17, 15) is 13.2 Å². The van der Waals surface area contributed by atoms with Crippen LogP contribution < -0.4 is 0 Å². The summed E-state index contributed by atoms with van der Waals surface area (Å²) in [5.74, 6) is 0.892. The summed E-state index contributed by atoms with van der Waals surface area (Å²) < 4.78 is 31.9. The minimum atomic E-state index is -3.44. The Balaban J connectivity index is 1.52. The zero-order valence-electron chi connectivity index (χ0n) is 13.2. The van der Waals surface area contributed by atoms with Crippen molar-refractivity contribution >= 4 is 27.3 Å². The fraction of sp³-hybridized carbons (Fsp3) is 0.500. The van der Waals surface area contributed by atoms with Gasteiger partial charge >= 0.3 is 0 Å². The van der Waals surface area contributed by atoms with Crippen LogP contribution in [0.3, 0.4) is 0 Å². The summed E-state index contributed by atoms with van der Waals surface area (Å²) in [7, 11) is -3.44. The molecule has 3 rings (SSSR count). The van der Waals surface area contributed by atoms with Crippen molar-refractivity contribution in [2.45, 2.75) is 24.0 Å². The summed E-state index contributed by atoms with van der Waals surface area (Å²) in [6.07, 6.45) is 0.673. The van der Waals surface area contributed by atoms with Gasteiger partial charge in [-0.3, -0.25) is 4.79 Å². The maximum Gasteiger partial charge on any atom is 0.252 e. The van der Waals surface area contributed by atoms with Crippen molar-refractivity contribution in [3.8, 4) is 0 Å². The predicted octanol–water partition coefficient (Wildman–Crippen LogP) is 0.905. The molecule has 1 aliphatic heterocycles. The number of amides is 1. The Morgan fingerprint density at radius 3 is 2.62 bits per heavy atom. The Hall–Kier alpha value is -1.78. The van der Waals surface area contributed by atoms with Crippen LogP contribution in [0.4, 0.5) is 0 Å². The number of hydrogen-bond donors (Lipinski definition) is 0. The van der Waals surface area contributed by atoms with Crippen LogP contribution in [0.15, 0.2) is 26.1 Å². The second kappa shape index (κ2) is 6.99. The van der Waals surface area contributed by atoms with Crippen LogP contribution in [0.1, 0.15) is 18.2 Å². The number of rotatable bonds is 5. The Kier molecular flexibility index (Phi) is 4.97. The maximum atomic E-state index is 12.4. The van der Waals surface area contributed by atoms with Gasteiger partial charge in [0.05, 0.1) is 0 Å². The fourth-order valence-corrected chi connectivity index (χ4v) is 5.09. The molecule has 1 aliphatic rings. The Morgan fingerprint density at radius 1 is 1.29 bits per heavy atom. The summed E-state index contributed by atoms with van der Waals surface area (Å²) in [4.78, 5) is 13.9. The third kappa shape index (κ3) is 3.65. The van der Waals surface area contributed by atoms with Crippen LogP contribution in [0.5, 0.6) is 0 Å². The quantitative estimate of drug-likeness (QED) is 0.776. The lowest BCUT2D eigenvalue weighted by Gasteiger charge is -2.33. The van der Waals surface area contributed by atoms with E-state index < -0.39 is 10.0 Å². The monoisotopic (exact) mass is 370 g/mol. The second-order valence-electron chi connectivity index (χ2n) is 5.43. The number of hydrogen-bond acceptors (Lipinski definition) is 7. The second-order valence-corrected chi connectivity index (χ2v) is 8.54. The first kappa shape index (κ1) is 17.1. The number of thiophene rings is 1. The molecule has 0 unspecified atom stereocenters. The van der Waals surface area contributed by atoms with E-state index in [4.69, 9.17) is 4.42 Å². The lowest BCUT2D eigenvalue weighted by Crippen LogP contribution is -2.50. The maximum absolute atomic E-state index is 12.4. The van der Waals surface area contributed by atoms with Crippen LogP contribution in [0, 0.1) is 6.92 Å². The molecule has 3 heterocycles. The molecule has 1 fully saturated rings. The van der Waals surface area contributed by atoms with Crippen molar-refractivity contribution in [2.75, 3.05) is 26.2 Å². The SMILES string of the molecule is Cc1nnc(CCC(=O)N2CCN(S(=O)(=O)c3cccs3)CC2)o1. The highest BCUT2D eigenvalue weighted by molar-refractivity contribution is 7.91. The number of sulfonamides is 1. The third-order valence-corrected chi connectivity index (χ3v) is 7.07. The van der Waals surface area contributed by atoms with Gasteiger partial charge in [0, 0.05) is 45.9 Å². The molecular weight excluding hydrogens is 352 g/mol. The fourth-order valence-electron chi connectivity index (χ4n) is 2.53. The first-order chi connectivity index (χ1) is 11.5. The molecule has 0 saturated carbocycles. The molecular formula is C14H18N4O4S2. The molecule has 24 heavy (non-hydrogen) atoms. The summed E-state index contributed by atoms with van der Waals surface area (Å²) in [5, 5.41) is 9.33. The lowest BCUT2D eigenvalue weighted by molar-refractivity contribution is -0.132. The van der Waals surface area contributed by atoms with E-state index in [1.807, 2.05) is 0 Å². The summed E-state index contributed by atoms with van der Waals surface area (Å²) in [6.45, 7) is 3.11. The van der Waals surface area contributed by atoms with E-state index in [0.717, 1.165) is 0 Å². The number of aromatic nitrogens is 2. The van der Waals surface area contributed by atoms with E-state index in [1.165, 1.54) is 15.6 Å². The van der Waals surface area contributed by atoms with Gasteiger partial charge < -0.3 is 9.32 Å². The van der Waals surface area contributed by atoms with Crippen molar-refractivity contribution in [1.29, 1.82) is 0 Å². The van der Waals surface area contributed by atoms with Crippen molar-refractivity contribution in [3.63, 3.8) is 0 Å². The van der Waals surface area contributed by atoms with Crippen LogP contribution in [0.2, 0.25) is 0 Å². The Morgan fingerprint density at radius 2 is 2.04 bits per heavy atom. The molecule has 0 N–H and O–H groups in total. The molecule has 130 valence electrons. The minimum absolute atomic E-state index is 0.0287. The van der Waals surface area contributed by atoms with Gasteiger partial charge in [-0.05, 0) is 11.4 Å². The van der Waals surface area contributed by atoms with Crippen molar-refractivity contribution < 1.29 is 17.6 Å². The molecule has 0 aliphatic carbocycles. The van der Waals surface area contributed by atoms with Gasteiger partial charge in [0.2, 0.25) is 17.7 Å². The van der Waals surface area contributed by atoms with Gasteiger partial charge in [0.1, 0.15) is 4.21 Å². The topological polar surface area (TPSA) is 96.6 Å². The molecule has 2 aromatic heterocycles. The Labute approximate surface area is 144 Å². The standard InChI is InChI=1S/C14H18N4O4S2/c1-11-15-16-12(22-11)4-5-13(19)17-6-8-18(9-7-17)24(20,21)14-3-2-10-23-14/h2-3,10H,4-9H2,1H3. The van der Waals surface area contributed by atoms with E-state index in [2.05, 4.69) is 10.2 Å². The van der Waals surface area contributed by atoms with E-state index in [-0.39, 0.29) is 12.3 Å². The van der Waals surface area contributed by atoms with Crippen molar-refractivity contribution in [2.24, 2.45) is 0 Å². The molecule has 2 aromatic rings. The number of nitrogens with zero attached hydrogens (tertiary/aromatic N) is 4. The first-order valence-corrected chi connectivity index (χ1v) is 9.89. The van der Waals surface area contributed by atoms with Crippen molar-refractivity contribution in [3.05, 3.63) is 29.3 Å². The highest BCUT2D eigenvalue weighted by atomic mass is 32.2. The predicted molar refractivity (Wildman–Crippen MR) is 87.0 cm³/mol. The molecule has 0 spiro atoms. The normalized spacial score (nSPS) is 16.5. The zero-order valence-corrected chi connectivity index (χ0v) is 14.8. The largest absolute Gasteiger partial charge is 0.426 e. The number of carbonyl (C=O) groups is 1. The third-order valence-electron chi connectivity index (χ3n) is 3.80. The summed E-state index contributed by atoms with van der Waals surface area (Å²) >= 11 is 1.20. The van der Waals surface area contributed by atoms with Gasteiger partial charge in [0.15, 0.2) is 0 Å². The lowest BCUT2D eigenvalue weighted by atomic mass is 10.2. The minimum Gasteiger partial charge on any atom is -0.426 e. The highest BCUT2D eigenvalue weighted by Gasteiger charge is 2.30. The molecule has 10 heteroatoms. The van der Waals surface area contributed by atoms with Gasteiger partial charge in [-0.25, -0.2) is 8.42 Å². The molecule has 0 bridgehead atoms. The van der Waals surface area contributed by atoms with Crippen LogP contribution in [-0.2, 0) is 21.2 Å². The molecule has 1 amide bonds. The van der Waals surface area contributed by atoms with Gasteiger partial charge in [-0.2, -0.15) is 4.31 Å². The first-order valence-electron chi connectivity index (χ1n) is 7.57. The number of aryl methyl sites for hydroxylation is 2. The van der Waals surface area contributed by atoms with Gasteiger partial charge in [0.25, 0.3) is 10.0 Å². The average molecular weight is 370 g/mol. The molecule has 1 saturated heterocycles. The van der Waals surface area contributed by atoms with E-state index in [0.29, 0.717) is 48.6 Å². The van der Waals surface area contributed by atoms with E-state index in [1.54, 1.807) is 29.3 Å². The smallest absolute Gasteiger partial charge is 0.252 e. The van der Waals surface area contributed by atoms with Crippen LogP contribution in [0.25, 0.3) is 0 Å². The highest BCUT2D eigenvalue weighted by Crippen LogP contribution is 2.22. The molecule has 0 aromatic carbocycles. The molecule has 0 atom stereocenters. The summed E-state index contributed by atoms with van der Waals surface area (Å²) in [6, 6.07) is 3.32. The number of carbonyl (C=O) groups excluding carboxylic acids is 1. The Bertz CT molecular complexity index is 793. The van der Waals surface area contributed by atoms with Crippen LogP contribution >= 0.6 is 11.3 Å². The van der Waals surface area contributed by atoms with Gasteiger partial charge in [-0.15, -0.1) is 21.5 Å². The van der Waals surface area contributed by atoms with Crippen molar-refractivity contribution in [1.82, 2.24) is 19.4 Å². The van der Waals surface area contributed by atoms with Crippen LogP contribution in [-0.4, -0.2) is 59.9 Å². The van der Waals surface area contributed by atoms with E-state index >= 15 is 0 Å². The van der Waals surface area contributed by atoms with Gasteiger partial charge in [-0.1, -0.05) is 6.07 Å². The summed E-state index contributed by atoms with van der Waals surface area (Å²) in [5.41, 5.74) is 0. The average Bonchev–Trinajstić information content (AvgIpc) is 3.24. The zero-order chi connectivity index (χ0) is 17.2. The number of piperazine rings is 1.